The lowest BCUT2D eigenvalue weighted by Gasteiger charge is -2.17. The van der Waals surface area contributed by atoms with E-state index in [1.165, 1.54) is 29.3 Å². The fourth-order valence-electron chi connectivity index (χ4n) is 1.99. The lowest BCUT2D eigenvalue weighted by atomic mass is 10.1. The molecule has 104 valence electrons. The van der Waals surface area contributed by atoms with Crippen molar-refractivity contribution in [2.45, 2.75) is 46.1 Å². The minimum absolute atomic E-state index is 0.565. The van der Waals surface area contributed by atoms with Crippen molar-refractivity contribution in [2.24, 2.45) is 7.05 Å². The number of nitrogens with zero attached hydrogens (tertiary/aromatic N) is 2. The molecule has 0 saturated carbocycles. The molecule has 18 heavy (non-hydrogen) atoms. The molecule has 1 N–H and O–H groups in total. The highest BCUT2D eigenvalue weighted by Gasteiger charge is 2.12. The van der Waals surface area contributed by atoms with E-state index >= 15 is 0 Å². The van der Waals surface area contributed by atoms with Gasteiger partial charge in [-0.2, -0.15) is 16.9 Å². The summed E-state index contributed by atoms with van der Waals surface area (Å²) in [5.74, 6) is 2.37. The van der Waals surface area contributed by atoms with E-state index in [-0.39, 0.29) is 0 Å². The van der Waals surface area contributed by atoms with E-state index < -0.39 is 0 Å². The van der Waals surface area contributed by atoms with Gasteiger partial charge in [-0.1, -0.05) is 20.8 Å². The normalized spacial score (nSPS) is 12.9. The molecule has 1 aromatic rings. The minimum Gasteiger partial charge on any atom is -0.313 e. The number of thioether (sulfide) groups is 1. The molecule has 0 spiro atoms. The van der Waals surface area contributed by atoms with Crippen molar-refractivity contribution in [3.8, 4) is 0 Å². The third-order valence-electron chi connectivity index (χ3n) is 3.05. The first-order valence-corrected chi connectivity index (χ1v) is 8.19. The van der Waals surface area contributed by atoms with Gasteiger partial charge in [-0.3, -0.25) is 4.68 Å². The predicted octanol–water partition coefficient (Wildman–Crippen LogP) is 2.65. The van der Waals surface area contributed by atoms with Gasteiger partial charge in [-0.15, -0.1) is 0 Å². The zero-order valence-electron chi connectivity index (χ0n) is 12.2. The van der Waals surface area contributed by atoms with Crippen molar-refractivity contribution in [2.75, 3.05) is 18.1 Å². The molecule has 0 aliphatic heterocycles. The molecule has 1 rings (SSSR count). The molecule has 0 radical (unpaired) electrons. The minimum atomic E-state index is 0.565. The molecule has 0 aliphatic rings. The van der Waals surface area contributed by atoms with Crippen LogP contribution in [0.25, 0.3) is 0 Å². The van der Waals surface area contributed by atoms with E-state index in [2.05, 4.69) is 44.3 Å². The van der Waals surface area contributed by atoms with Crippen molar-refractivity contribution < 1.29 is 0 Å². The second kappa shape index (κ2) is 8.59. The number of rotatable bonds is 9. The van der Waals surface area contributed by atoms with Crippen LogP contribution in [0.4, 0.5) is 0 Å². The van der Waals surface area contributed by atoms with E-state index in [4.69, 9.17) is 0 Å². The average molecular weight is 269 g/mol. The van der Waals surface area contributed by atoms with E-state index in [0.29, 0.717) is 6.04 Å². The SMILES string of the molecule is CCCNC(CSCC)Cc1cc(CC)nn1C. The van der Waals surface area contributed by atoms with Crippen molar-refractivity contribution in [1.29, 1.82) is 0 Å². The lowest BCUT2D eigenvalue weighted by molar-refractivity contribution is 0.531. The van der Waals surface area contributed by atoms with Gasteiger partial charge in [0.15, 0.2) is 0 Å². The van der Waals surface area contributed by atoms with Crippen LogP contribution in [0, 0.1) is 0 Å². The van der Waals surface area contributed by atoms with Crippen LogP contribution in [-0.4, -0.2) is 33.9 Å². The topological polar surface area (TPSA) is 29.9 Å². The highest BCUT2D eigenvalue weighted by molar-refractivity contribution is 7.99. The molecule has 1 atom stereocenters. The smallest absolute Gasteiger partial charge is 0.0624 e. The second-order valence-corrected chi connectivity index (χ2v) is 5.94. The molecule has 1 unspecified atom stereocenters. The van der Waals surface area contributed by atoms with E-state index in [9.17, 15) is 0 Å². The molecule has 0 amide bonds. The van der Waals surface area contributed by atoms with Gasteiger partial charge in [0.2, 0.25) is 0 Å². The largest absolute Gasteiger partial charge is 0.313 e. The Morgan fingerprint density at radius 2 is 2.17 bits per heavy atom. The number of aryl methyl sites for hydroxylation is 2. The van der Waals surface area contributed by atoms with Gasteiger partial charge in [0.1, 0.15) is 0 Å². The molecule has 0 aromatic carbocycles. The van der Waals surface area contributed by atoms with Crippen LogP contribution in [0.1, 0.15) is 38.6 Å². The van der Waals surface area contributed by atoms with Crippen LogP contribution in [0.3, 0.4) is 0 Å². The Bertz CT molecular complexity index is 328. The maximum atomic E-state index is 4.52. The van der Waals surface area contributed by atoms with Gasteiger partial charge in [-0.25, -0.2) is 0 Å². The van der Waals surface area contributed by atoms with E-state index in [0.717, 1.165) is 19.4 Å². The Morgan fingerprint density at radius 3 is 2.72 bits per heavy atom. The monoisotopic (exact) mass is 269 g/mol. The predicted molar refractivity (Wildman–Crippen MR) is 81.4 cm³/mol. The molecule has 0 bridgehead atoms. The molecule has 3 nitrogen and oxygen atoms in total. The van der Waals surface area contributed by atoms with Crippen molar-refractivity contribution in [3.63, 3.8) is 0 Å². The first-order valence-electron chi connectivity index (χ1n) is 7.04. The first kappa shape index (κ1) is 15.6. The third-order valence-corrected chi connectivity index (χ3v) is 4.10. The van der Waals surface area contributed by atoms with E-state index in [1.807, 2.05) is 16.4 Å². The summed E-state index contributed by atoms with van der Waals surface area (Å²) in [5.41, 5.74) is 2.54. The van der Waals surface area contributed by atoms with Crippen LogP contribution < -0.4 is 5.32 Å². The Kier molecular flexibility index (Phi) is 7.44. The molecule has 1 aromatic heterocycles. The Morgan fingerprint density at radius 1 is 1.39 bits per heavy atom. The van der Waals surface area contributed by atoms with Gasteiger partial charge in [0.05, 0.1) is 5.69 Å². The van der Waals surface area contributed by atoms with E-state index in [1.54, 1.807) is 0 Å². The van der Waals surface area contributed by atoms with Crippen molar-refractivity contribution in [1.82, 2.24) is 15.1 Å². The quantitative estimate of drug-likeness (QED) is 0.747. The highest BCUT2D eigenvalue weighted by atomic mass is 32.2. The number of hydrogen-bond donors (Lipinski definition) is 1. The summed E-state index contributed by atoms with van der Waals surface area (Å²) in [6.07, 6.45) is 3.29. The number of nitrogens with one attached hydrogen (secondary N) is 1. The third kappa shape index (κ3) is 5.02. The molecular formula is C14H27N3S. The summed E-state index contributed by atoms with van der Waals surface area (Å²) in [4.78, 5) is 0. The highest BCUT2D eigenvalue weighted by Crippen LogP contribution is 2.10. The molecule has 1 heterocycles. The molecule has 0 aliphatic carbocycles. The fraction of sp³-hybridized carbons (Fsp3) is 0.786. The second-order valence-electron chi connectivity index (χ2n) is 4.62. The summed E-state index contributed by atoms with van der Waals surface area (Å²) in [6, 6.07) is 2.81. The van der Waals surface area contributed by atoms with Gasteiger partial charge in [0.25, 0.3) is 0 Å². The first-order chi connectivity index (χ1) is 8.71. The van der Waals surface area contributed by atoms with Crippen LogP contribution in [0.15, 0.2) is 6.07 Å². The van der Waals surface area contributed by atoms with Gasteiger partial charge < -0.3 is 5.32 Å². The Balaban J connectivity index is 2.59. The summed E-state index contributed by atoms with van der Waals surface area (Å²) in [6.45, 7) is 7.70. The summed E-state index contributed by atoms with van der Waals surface area (Å²) >= 11 is 2.01. The standard InChI is InChI=1S/C14H27N3S/c1-5-8-15-13(11-18-7-3)10-14-9-12(6-2)16-17(14)4/h9,13,15H,5-8,10-11H2,1-4H3. The maximum Gasteiger partial charge on any atom is 0.0624 e. The molecule has 0 fully saturated rings. The summed E-state index contributed by atoms with van der Waals surface area (Å²) in [7, 11) is 2.05. The van der Waals surface area contributed by atoms with Gasteiger partial charge >= 0.3 is 0 Å². The van der Waals surface area contributed by atoms with Crippen LogP contribution >= 0.6 is 11.8 Å². The summed E-state index contributed by atoms with van der Waals surface area (Å²) < 4.78 is 2.04. The number of aromatic nitrogens is 2. The van der Waals surface area contributed by atoms with Crippen LogP contribution in [0.2, 0.25) is 0 Å². The molecule has 0 saturated heterocycles. The zero-order chi connectivity index (χ0) is 13.4. The Hall–Kier alpha value is -0.480. The maximum absolute atomic E-state index is 4.52. The fourth-order valence-corrected chi connectivity index (χ4v) is 2.74. The number of hydrogen-bond acceptors (Lipinski definition) is 3. The molecule has 4 heteroatoms. The lowest BCUT2D eigenvalue weighted by Crippen LogP contribution is -2.34. The zero-order valence-corrected chi connectivity index (χ0v) is 13.0. The van der Waals surface area contributed by atoms with Crippen molar-refractivity contribution in [3.05, 3.63) is 17.5 Å². The van der Waals surface area contributed by atoms with Crippen molar-refractivity contribution >= 4 is 11.8 Å². The molecular weight excluding hydrogens is 242 g/mol. The van der Waals surface area contributed by atoms with Gasteiger partial charge in [-0.05, 0) is 31.2 Å². The average Bonchev–Trinajstić information content (AvgIpc) is 2.73. The Labute approximate surface area is 116 Å². The van der Waals surface area contributed by atoms with Crippen LogP contribution in [-0.2, 0) is 19.9 Å². The van der Waals surface area contributed by atoms with Gasteiger partial charge in [0, 0.05) is 31.0 Å². The summed E-state index contributed by atoms with van der Waals surface area (Å²) in [5, 5.41) is 8.17. The van der Waals surface area contributed by atoms with Crippen LogP contribution in [0.5, 0.6) is 0 Å².